The Bertz CT molecular complexity index is 1300. The highest BCUT2D eigenvalue weighted by Crippen LogP contribution is 2.29. The first-order valence-electron chi connectivity index (χ1n) is 8.71. The van der Waals surface area contributed by atoms with Gasteiger partial charge in [-0.2, -0.15) is 0 Å². The van der Waals surface area contributed by atoms with Gasteiger partial charge in [-0.05, 0) is 50.5 Å². The van der Waals surface area contributed by atoms with E-state index < -0.39 is 10.0 Å². The Morgan fingerprint density at radius 3 is 2.57 bits per heavy atom. The Balaban J connectivity index is 1.55. The van der Waals surface area contributed by atoms with Crippen LogP contribution in [0.2, 0.25) is 0 Å². The van der Waals surface area contributed by atoms with Crippen LogP contribution in [-0.4, -0.2) is 33.3 Å². The van der Waals surface area contributed by atoms with Crippen molar-refractivity contribution in [1.29, 1.82) is 0 Å². The van der Waals surface area contributed by atoms with E-state index in [4.69, 9.17) is 0 Å². The Hall–Kier alpha value is -1.95. The van der Waals surface area contributed by atoms with Crippen molar-refractivity contribution < 1.29 is 8.42 Å². The van der Waals surface area contributed by atoms with E-state index in [2.05, 4.69) is 63.9 Å². The van der Waals surface area contributed by atoms with Gasteiger partial charge in [0.05, 0.1) is 18.4 Å². The first-order chi connectivity index (χ1) is 14.4. The number of thioether (sulfide) groups is 1. The lowest BCUT2D eigenvalue weighted by molar-refractivity contribution is 0.605. The average Bonchev–Trinajstić information content (AvgIpc) is 3.09. The molecule has 0 aliphatic carbocycles. The lowest BCUT2D eigenvalue weighted by atomic mass is 10.0. The maximum Gasteiger partial charge on any atom is 0.242 e. The summed E-state index contributed by atoms with van der Waals surface area (Å²) in [7, 11) is -3.58. The third kappa shape index (κ3) is 4.85. The van der Waals surface area contributed by atoms with Crippen LogP contribution in [0.4, 0.5) is 5.69 Å². The standard InChI is InChI=1S/C19H15Br2N5O2S2/c20-17-8-7-13(15-5-1-2-6-16(15)17)11-26-18(21)23-24-19(26)29-12-30(27,28)25-14-4-3-9-22-10-14/h1-10,25H,11-12H2. The number of pyridine rings is 1. The molecule has 0 aliphatic heterocycles. The van der Waals surface area contributed by atoms with E-state index in [1.807, 2.05) is 28.8 Å². The van der Waals surface area contributed by atoms with Gasteiger partial charge in [-0.1, -0.05) is 58.0 Å². The largest absolute Gasteiger partial charge is 0.292 e. The lowest BCUT2D eigenvalue weighted by Crippen LogP contribution is -2.15. The number of aromatic nitrogens is 4. The van der Waals surface area contributed by atoms with Crippen LogP contribution < -0.4 is 4.72 Å². The molecular formula is C19H15Br2N5O2S2. The Kier molecular flexibility index (Phi) is 6.42. The van der Waals surface area contributed by atoms with Gasteiger partial charge in [0.15, 0.2) is 5.16 Å². The van der Waals surface area contributed by atoms with Gasteiger partial charge < -0.3 is 0 Å². The van der Waals surface area contributed by atoms with Gasteiger partial charge in [0.1, 0.15) is 5.08 Å². The Morgan fingerprint density at radius 2 is 1.80 bits per heavy atom. The van der Waals surface area contributed by atoms with Crippen LogP contribution in [0, 0.1) is 0 Å². The molecule has 11 heteroatoms. The minimum Gasteiger partial charge on any atom is -0.292 e. The number of fused-ring (bicyclic) bond motifs is 1. The normalized spacial score (nSPS) is 11.7. The molecule has 2 heterocycles. The number of rotatable bonds is 7. The van der Waals surface area contributed by atoms with Crippen LogP contribution in [0.3, 0.4) is 0 Å². The fourth-order valence-electron chi connectivity index (χ4n) is 2.91. The van der Waals surface area contributed by atoms with Crippen molar-refractivity contribution in [3.8, 4) is 0 Å². The molecule has 154 valence electrons. The number of anilines is 1. The van der Waals surface area contributed by atoms with Crippen LogP contribution in [0.5, 0.6) is 0 Å². The van der Waals surface area contributed by atoms with E-state index in [1.54, 1.807) is 18.3 Å². The van der Waals surface area contributed by atoms with Crippen molar-refractivity contribution in [2.45, 2.75) is 11.7 Å². The molecule has 0 fully saturated rings. The molecule has 30 heavy (non-hydrogen) atoms. The molecule has 4 rings (SSSR count). The molecule has 0 saturated carbocycles. The summed E-state index contributed by atoms with van der Waals surface area (Å²) >= 11 is 8.11. The van der Waals surface area contributed by atoms with E-state index in [9.17, 15) is 8.42 Å². The van der Waals surface area contributed by atoms with Crippen molar-refractivity contribution in [2.75, 3.05) is 9.81 Å². The molecule has 7 nitrogen and oxygen atoms in total. The third-order valence-electron chi connectivity index (χ3n) is 4.24. The fourth-order valence-corrected chi connectivity index (χ4v) is 6.04. The molecule has 0 atom stereocenters. The number of benzene rings is 2. The number of hydrogen-bond donors (Lipinski definition) is 1. The molecule has 2 aromatic carbocycles. The molecule has 0 radical (unpaired) electrons. The van der Waals surface area contributed by atoms with Crippen molar-refractivity contribution in [3.05, 3.63) is 75.7 Å². The van der Waals surface area contributed by atoms with Crippen molar-refractivity contribution in [2.24, 2.45) is 0 Å². The number of nitrogens with one attached hydrogen (secondary N) is 1. The first kappa shape index (κ1) is 21.3. The van der Waals surface area contributed by atoms with E-state index in [-0.39, 0.29) is 5.08 Å². The van der Waals surface area contributed by atoms with Crippen LogP contribution in [-0.2, 0) is 16.6 Å². The lowest BCUT2D eigenvalue weighted by Gasteiger charge is -2.12. The highest BCUT2D eigenvalue weighted by Gasteiger charge is 2.17. The van der Waals surface area contributed by atoms with Gasteiger partial charge in [0.25, 0.3) is 0 Å². The minimum absolute atomic E-state index is 0.200. The van der Waals surface area contributed by atoms with Crippen molar-refractivity contribution in [1.82, 2.24) is 19.7 Å². The van der Waals surface area contributed by atoms with Crippen LogP contribution in [0.15, 0.2) is 75.3 Å². The topological polar surface area (TPSA) is 89.8 Å². The van der Waals surface area contributed by atoms with Crippen molar-refractivity contribution in [3.63, 3.8) is 0 Å². The first-order valence-corrected chi connectivity index (χ1v) is 12.9. The molecule has 1 N–H and O–H groups in total. The zero-order valence-corrected chi connectivity index (χ0v) is 20.2. The molecular weight excluding hydrogens is 554 g/mol. The summed E-state index contributed by atoms with van der Waals surface area (Å²) in [5.41, 5.74) is 1.49. The summed E-state index contributed by atoms with van der Waals surface area (Å²) in [5.74, 6) is 0. The molecule has 0 saturated heterocycles. The van der Waals surface area contributed by atoms with E-state index in [0.29, 0.717) is 22.1 Å². The van der Waals surface area contributed by atoms with Crippen LogP contribution >= 0.6 is 43.6 Å². The number of nitrogens with zero attached hydrogens (tertiary/aromatic N) is 4. The van der Waals surface area contributed by atoms with Gasteiger partial charge in [-0.25, -0.2) is 8.42 Å². The highest BCUT2D eigenvalue weighted by atomic mass is 79.9. The quantitative estimate of drug-likeness (QED) is 0.319. The summed E-state index contributed by atoms with van der Waals surface area (Å²) < 4.78 is 30.8. The van der Waals surface area contributed by atoms with Gasteiger partial charge in [-0.3, -0.25) is 14.3 Å². The summed E-state index contributed by atoms with van der Waals surface area (Å²) in [4.78, 5) is 3.91. The van der Waals surface area contributed by atoms with Gasteiger partial charge in [0, 0.05) is 10.7 Å². The van der Waals surface area contributed by atoms with Crippen molar-refractivity contribution >= 4 is 70.1 Å². The van der Waals surface area contributed by atoms with E-state index in [1.165, 1.54) is 6.20 Å². The third-order valence-corrected chi connectivity index (χ3v) is 8.34. The number of halogens is 2. The fraction of sp³-hybridized carbons (Fsp3) is 0.105. The summed E-state index contributed by atoms with van der Waals surface area (Å²) in [6.45, 7) is 0.500. The summed E-state index contributed by atoms with van der Waals surface area (Å²) in [6.07, 6.45) is 3.04. The Morgan fingerprint density at radius 1 is 1.00 bits per heavy atom. The summed E-state index contributed by atoms with van der Waals surface area (Å²) in [5, 5.41) is 10.7. The van der Waals surface area contributed by atoms with Gasteiger partial charge >= 0.3 is 0 Å². The zero-order valence-electron chi connectivity index (χ0n) is 15.4. The average molecular weight is 569 g/mol. The molecule has 0 bridgehead atoms. The monoisotopic (exact) mass is 567 g/mol. The molecule has 0 aliphatic rings. The smallest absolute Gasteiger partial charge is 0.242 e. The van der Waals surface area contributed by atoms with Gasteiger partial charge in [-0.15, -0.1) is 10.2 Å². The highest BCUT2D eigenvalue weighted by molar-refractivity contribution is 9.10. The predicted molar refractivity (Wildman–Crippen MR) is 126 cm³/mol. The second-order valence-corrected chi connectivity index (χ2v) is 10.9. The van der Waals surface area contributed by atoms with Gasteiger partial charge in [0.2, 0.25) is 14.8 Å². The second kappa shape index (κ2) is 9.04. The van der Waals surface area contributed by atoms with E-state index in [0.717, 1.165) is 32.6 Å². The molecule has 4 aromatic rings. The van der Waals surface area contributed by atoms with E-state index >= 15 is 0 Å². The molecule has 0 amide bonds. The molecule has 0 spiro atoms. The second-order valence-electron chi connectivity index (χ2n) is 6.31. The summed E-state index contributed by atoms with van der Waals surface area (Å²) in [6, 6.07) is 15.4. The van der Waals surface area contributed by atoms with Crippen LogP contribution in [0.25, 0.3) is 10.8 Å². The minimum atomic E-state index is -3.58. The Labute approximate surface area is 194 Å². The number of hydrogen-bond acceptors (Lipinski definition) is 6. The molecule has 0 unspecified atom stereocenters. The molecule has 2 aromatic heterocycles. The number of sulfonamides is 1. The zero-order chi connectivity index (χ0) is 21.1. The van der Waals surface area contributed by atoms with Crippen LogP contribution in [0.1, 0.15) is 5.56 Å². The predicted octanol–water partition coefficient (Wildman–Crippen LogP) is 4.89. The SMILES string of the molecule is O=S(=O)(CSc1nnc(Br)n1Cc1ccc(Br)c2ccccc12)Nc1cccnc1. The maximum absolute atomic E-state index is 12.4. The maximum atomic E-state index is 12.4.